The average molecular weight is 1090 g/mol. The van der Waals surface area contributed by atoms with Crippen LogP contribution in [0.5, 0.6) is 0 Å². The molecule has 0 radical (unpaired) electrons. The Balaban J connectivity index is 0.000000182. The van der Waals surface area contributed by atoms with Gasteiger partial charge in [0.1, 0.15) is 43.7 Å². The van der Waals surface area contributed by atoms with Crippen LogP contribution in [-0.4, -0.2) is 170 Å². The third-order valence-electron chi connectivity index (χ3n) is 11.6. The molecule has 0 aromatic heterocycles. The normalized spacial score (nSPS) is 30.8. The molecule has 7 heterocycles. The third-order valence-corrected chi connectivity index (χ3v) is 12.9. The molecule has 7 aliphatic rings. The quantitative estimate of drug-likeness (QED) is 0.0503. The van der Waals surface area contributed by atoms with Gasteiger partial charge in [0.05, 0.1) is 24.7 Å². The summed E-state index contributed by atoms with van der Waals surface area (Å²) in [4.78, 5) is 45.6. The van der Waals surface area contributed by atoms with Gasteiger partial charge in [0.2, 0.25) is 0 Å². The van der Waals surface area contributed by atoms with Gasteiger partial charge in [-0.1, -0.05) is 83.9 Å². The first-order chi connectivity index (χ1) is 34.9. The molecule has 7 saturated heterocycles. The van der Waals surface area contributed by atoms with Gasteiger partial charge in [-0.25, -0.2) is 19.2 Å². The standard InChI is InChI=1S/C15H18O7S.C15H18O5.C8H12O5.C7H7O.C5H8O5.Na/c1-9-4-6-10(7-5-9)23(17,18)19-8-11-12-13(14(16)20-11)22-15(2,3)21-12;1-15(2)19-12(11-9-17-11)13(20-15)14(16)18-8-10-6-4-3-5-7-10;1-8(2)12-5-4(3-9)11-7(10)6(5)13-8;8-6-7-4-2-1-3-5-7;6-1-2-3(7)4(8)5(9)10-2;/h4-7,11-13H,8H2,1-3H3;3-7,11-13H,8-9H2,1-2H3;4-6,9H,3H2,1-2H3;1-5H,6H2;2-4,6-8H,1H2;/q;;;-1;;+1/t2*11-,12-,13-;4-,5-,6-;;2-,3-,4-;/m111.1./s1. The predicted molar refractivity (Wildman–Crippen MR) is 248 cm³/mol. The second kappa shape index (κ2) is 26.5. The molecule has 10 rings (SSSR count). The maximum absolute atomic E-state index is 12.2. The van der Waals surface area contributed by atoms with Crippen molar-refractivity contribution in [3.63, 3.8) is 0 Å². The third kappa shape index (κ3) is 17.0. The predicted octanol–water partition coefficient (Wildman–Crippen LogP) is -2.60. The number of hydrogen-bond acceptors (Lipinski definition) is 23. The molecule has 0 unspecified atom stereocenters. The molecular weight excluding hydrogens is 1020 g/mol. The Kier molecular flexibility index (Phi) is 21.9. The Labute approximate surface area is 455 Å². The first kappa shape index (κ1) is 61.8. The van der Waals surface area contributed by atoms with Crippen LogP contribution in [0.25, 0.3) is 0 Å². The topological polar surface area (TPSA) is 320 Å². The van der Waals surface area contributed by atoms with E-state index in [-0.39, 0.29) is 73.1 Å². The number of aryl methyl sites for hydroxylation is 1. The Hall–Kier alpha value is -4.03. The van der Waals surface area contributed by atoms with E-state index in [1.54, 1.807) is 53.7 Å². The molecule has 25 heteroatoms. The van der Waals surface area contributed by atoms with Gasteiger partial charge in [-0.05, 0) is 66.2 Å². The van der Waals surface area contributed by atoms with Crippen LogP contribution in [0.1, 0.15) is 58.2 Å². The number of benzene rings is 3. The van der Waals surface area contributed by atoms with Crippen molar-refractivity contribution >= 4 is 34.0 Å². The molecular formula is C50H63NaO23S. The van der Waals surface area contributed by atoms with E-state index < -0.39 is 119 Å². The van der Waals surface area contributed by atoms with Crippen LogP contribution < -0.4 is 34.7 Å². The van der Waals surface area contributed by atoms with E-state index in [1.165, 1.54) is 12.1 Å². The Morgan fingerprint density at radius 3 is 1.57 bits per heavy atom. The summed E-state index contributed by atoms with van der Waals surface area (Å²) in [6.45, 7) is 12.0. The molecule has 0 saturated carbocycles. The number of rotatable bonds is 11. The molecule has 0 amide bonds. The van der Waals surface area contributed by atoms with E-state index in [4.69, 9.17) is 72.0 Å². The molecule has 408 valence electrons. The molecule has 3 aromatic rings. The minimum atomic E-state index is -3.93. The van der Waals surface area contributed by atoms with Gasteiger partial charge >= 0.3 is 53.4 Å². The van der Waals surface area contributed by atoms with E-state index >= 15 is 0 Å². The Morgan fingerprint density at radius 1 is 0.653 bits per heavy atom. The maximum atomic E-state index is 12.2. The summed E-state index contributed by atoms with van der Waals surface area (Å²) in [5, 5.41) is 45.0. The number of cyclic esters (lactones) is 3. The van der Waals surface area contributed by atoms with Crippen molar-refractivity contribution in [1.29, 1.82) is 0 Å². The average Bonchev–Trinajstić information content (AvgIpc) is 3.57. The van der Waals surface area contributed by atoms with E-state index in [2.05, 4.69) is 4.74 Å². The molecule has 7 aliphatic heterocycles. The molecule has 4 N–H and O–H groups in total. The fourth-order valence-electron chi connectivity index (χ4n) is 7.90. The van der Waals surface area contributed by atoms with Crippen molar-refractivity contribution in [3.8, 4) is 0 Å². The summed E-state index contributed by atoms with van der Waals surface area (Å²) < 4.78 is 87.3. The second-order valence-electron chi connectivity index (χ2n) is 18.9. The minimum Gasteiger partial charge on any atom is -0.851 e. The summed E-state index contributed by atoms with van der Waals surface area (Å²) in [5.41, 5.74) is 2.74. The number of aliphatic hydroxyl groups excluding tert-OH is 4. The summed E-state index contributed by atoms with van der Waals surface area (Å²) in [6.07, 6.45) is -9.00. The zero-order chi connectivity index (χ0) is 54.2. The number of fused-ring (bicyclic) bond motifs is 2. The zero-order valence-electron chi connectivity index (χ0n) is 42.7. The molecule has 0 bridgehead atoms. The van der Waals surface area contributed by atoms with Crippen molar-refractivity contribution in [2.45, 2.75) is 157 Å². The molecule has 0 spiro atoms. The van der Waals surface area contributed by atoms with Crippen LogP contribution in [0.3, 0.4) is 0 Å². The maximum Gasteiger partial charge on any atom is 1.00 e. The van der Waals surface area contributed by atoms with Gasteiger partial charge < -0.3 is 77.6 Å². The van der Waals surface area contributed by atoms with Crippen LogP contribution >= 0.6 is 0 Å². The number of hydrogen-bond donors (Lipinski definition) is 4. The van der Waals surface area contributed by atoms with Gasteiger partial charge in [-0.15, -0.1) is 6.61 Å². The fraction of sp³-hybridized carbons (Fsp3) is 0.560. The number of esters is 4. The van der Waals surface area contributed by atoms with Gasteiger partial charge in [-0.2, -0.15) is 8.42 Å². The fourth-order valence-corrected chi connectivity index (χ4v) is 8.82. The van der Waals surface area contributed by atoms with Crippen molar-refractivity contribution in [1.82, 2.24) is 0 Å². The van der Waals surface area contributed by atoms with E-state index in [0.717, 1.165) is 16.7 Å². The summed E-state index contributed by atoms with van der Waals surface area (Å²) >= 11 is 0. The smallest absolute Gasteiger partial charge is 0.851 e. The van der Waals surface area contributed by atoms with Crippen LogP contribution in [0.15, 0.2) is 89.8 Å². The second-order valence-corrected chi connectivity index (χ2v) is 20.6. The molecule has 12 atom stereocenters. The van der Waals surface area contributed by atoms with Gasteiger partial charge in [-0.3, -0.25) is 4.18 Å². The van der Waals surface area contributed by atoms with Crippen molar-refractivity contribution < 1.29 is 139 Å². The van der Waals surface area contributed by atoms with Crippen molar-refractivity contribution in [3.05, 3.63) is 102 Å². The SMILES string of the molecule is CC1(C)O[C@@H]2[C@@H](CO)OC(=O)[C@@H]2O1.CC1(C)O[C@H]([C@H]2CO2)[C@H](C(=O)OCc2ccccc2)O1.Cc1ccc(S(=O)(=O)OC[C@H]2OC(=O)[C@@H]3OC(C)(C)O[C@H]23)cc1.O=C1O[C@H](CO)[C@@H](O)[C@H]1O.[Na+].[O-]Cc1ccccc1. The van der Waals surface area contributed by atoms with Crippen LogP contribution in [-0.2, 0) is 98.8 Å². The van der Waals surface area contributed by atoms with Gasteiger partial charge in [0.15, 0.2) is 60.1 Å². The summed E-state index contributed by atoms with van der Waals surface area (Å²) in [7, 11) is -3.93. The first-order valence-corrected chi connectivity index (χ1v) is 24.9. The number of carbonyl (C=O) groups is 4. The molecule has 75 heavy (non-hydrogen) atoms. The Bertz CT molecular complexity index is 2460. The number of ether oxygens (including phenoxy) is 11. The summed E-state index contributed by atoms with van der Waals surface area (Å²) in [6, 6.07) is 25.1. The number of aliphatic hydroxyl groups is 4. The van der Waals surface area contributed by atoms with Crippen LogP contribution in [0.2, 0.25) is 0 Å². The summed E-state index contributed by atoms with van der Waals surface area (Å²) in [5.74, 6) is -4.76. The zero-order valence-corrected chi connectivity index (χ0v) is 45.5. The van der Waals surface area contributed by atoms with Gasteiger partial charge in [0.25, 0.3) is 10.1 Å². The molecule has 3 aromatic carbocycles. The largest absolute Gasteiger partial charge is 1.00 e. The van der Waals surface area contributed by atoms with E-state index in [1.807, 2.05) is 67.6 Å². The van der Waals surface area contributed by atoms with Crippen LogP contribution in [0.4, 0.5) is 0 Å². The first-order valence-electron chi connectivity index (χ1n) is 23.5. The van der Waals surface area contributed by atoms with E-state index in [9.17, 15) is 32.7 Å². The minimum absolute atomic E-state index is 0. The number of carbonyl (C=O) groups excluding carboxylic acids is 4. The van der Waals surface area contributed by atoms with E-state index in [0.29, 0.717) is 6.61 Å². The van der Waals surface area contributed by atoms with Crippen molar-refractivity contribution in [2.75, 3.05) is 26.4 Å². The molecule has 0 aliphatic carbocycles. The number of epoxide rings is 1. The van der Waals surface area contributed by atoms with Crippen molar-refractivity contribution in [2.24, 2.45) is 0 Å². The molecule has 23 nitrogen and oxygen atoms in total. The molecule has 7 fully saturated rings. The van der Waals surface area contributed by atoms with Gasteiger partial charge in [0, 0.05) is 0 Å². The van der Waals surface area contributed by atoms with Crippen LogP contribution in [0, 0.1) is 6.92 Å². The Morgan fingerprint density at radius 2 is 1.12 bits per heavy atom. The monoisotopic (exact) mass is 1090 g/mol.